The third kappa shape index (κ3) is 2.03. The third-order valence-electron chi connectivity index (χ3n) is 2.02. The van der Waals surface area contributed by atoms with Gasteiger partial charge < -0.3 is 5.11 Å². The minimum absolute atomic E-state index is 0.511. The highest BCUT2D eigenvalue weighted by Gasteiger charge is 2.34. The largest absolute Gasteiger partial charge is 0.480 e. The Hall–Kier alpha value is -1.11. The Labute approximate surface area is 85.7 Å². The molecule has 0 saturated carbocycles. The Morgan fingerprint density at radius 2 is 2.36 bits per heavy atom. The summed E-state index contributed by atoms with van der Waals surface area (Å²) >= 11 is 1.16. The van der Waals surface area contributed by atoms with Crippen molar-refractivity contribution in [2.24, 2.45) is 7.05 Å². The van der Waals surface area contributed by atoms with E-state index in [0.29, 0.717) is 11.6 Å². The number of thioether (sulfide) groups is 1. The maximum Gasteiger partial charge on any atom is 0.319 e. The number of carboxylic acid groups (broad SMARTS) is 1. The van der Waals surface area contributed by atoms with E-state index in [1.54, 1.807) is 14.0 Å². The van der Waals surface area contributed by atoms with Crippen LogP contribution in [0, 0.1) is 0 Å². The highest BCUT2D eigenvalue weighted by Crippen LogP contribution is 2.33. The van der Waals surface area contributed by atoms with E-state index < -0.39 is 10.7 Å². The first-order valence-corrected chi connectivity index (χ1v) is 4.96. The zero-order valence-electron chi connectivity index (χ0n) is 8.26. The van der Waals surface area contributed by atoms with Gasteiger partial charge in [0.15, 0.2) is 0 Å². The number of aromatic nitrogens is 4. The Balaban J connectivity index is 2.86. The number of tetrazole rings is 1. The van der Waals surface area contributed by atoms with Crippen LogP contribution in [0.4, 0.5) is 0 Å². The number of carboxylic acids is 1. The van der Waals surface area contributed by atoms with E-state index in [1.807, 2.05) is 6.92 Å². The van der Waals surface area contributed by atoms with Crippen molar-refractivity contribution in [3.8, 4) is 0 Å². The first-order chi connectivity index (χ1) is 6.49. The van der Waals surface area contributed by atoms with E-state index >= 15 is 0 Å². The average Bonchev–Trinajstić information content (AvgIpc) is 2.51. The van der Waals surface area contributed by atoms with Crippen molar-refractivity contribution in [2.75, 3.05) is 0 Å². The maximum absolute atomic E-state index is 11.0. The zero-order chi connectivity index (χ0) is 10.8. The Morgan fingerprint density at radius 3 is 2.71 bits per heavy atom. The highest BCUT2D eigenvalue weighted by molar-refractivity contribution is 8.01. The lowest BCUT2D eigenvalue weighted by molar-refractivity contribution is -0.139. The van der Waals surface area contributed by atoms with Gasteiger partial charge >= 0.3 is 5.97 Å². The Morgan fingerprint density at radius 1 is 1.71 bits per heavy atom. The van der Waals surface area contributed by atoms with Gasteiger partial charge in [0.1, 0.15) is 4.75 Å². The van der Waals surface area contributed by atoms with Gasteiger partial charge in [-0.3, -0.25) is 4.79 Å². The number of hydrogen-bond donors (Lipinski definition) is 1. The summed E-state index contributed by atoms with van der Waals surface area (Å²) in [6, 6.07) is 0. The van der Waals surface area contributed by atoms with Crippen molar-refractivity contribution < 1.29 is 9.90 Å². The molecular formula is C7H12N4O2S. The number of hydrogen-bond acceptors (Lipinski definition) is 5. The molecule has 1 aromatic rings. The summed E-state index contributed by atoms with van der Waals surface area (Å²) in [6.45, 7) is 3.49. The van der Waals surface area contributed by atoms with Crippen molar-refractivity contribution in [3.63, 3.8) is 0 Å². The molecule has 0 aliphatic heterocycles. The zero-order valence-corrected chi connectivity index (χ0v) is 9.08. The number of nitrogens with zero attached hydrogens (tertiary/aromatic N) is 4. The molecule has 0 bridgehead atoms. The molecule has 78 valence electrons. The summed E-state index contributed by atoms with van der Waals surface area (Å²) in [5.74, 6) is -0.854. The minimum atomic E-state index is -0.873. The van der Waals surface area contributed by atoms with Crippen molar-refractivity contribution in [1.29, 1.82) is 0 Å². The first kappa shape index (κ1) is 11.0. The Bertz CT molecular complexity index is 340. The van der Waals surface area contributed by atoms with Crippen LogP contribution < -0.4 is 0 Å². The predicted molar refractivity (Wildman–Crippen MR) is 51.0 cm³/mol. The summed E-state index contributed by atoms with van der Waals surface area (Å²) in [5.41, 5.74) is 0. The molecule has 0 spiro atoms. The molecule has 0 radical (unpaired) electrons. The van der Waals surface area contributed by atoms with E-state index in [1.165, 1.54) is 4.68 Å². The third-order valence-corrected chi connectivity index (χ3v) is 3.47. The number of carbonyl (C=O) groups is 1. The lowest BCUT2D eigenvalue weighted by Gasteiger charge is -2.20. The summed E-state index contributed by atoms with van der Waals surface area (Å²) in [6.07, 6.45) is 0.514. The minimum Gasteiger partial charge on any atom is -0.480 e. The SMILES string of the molecule is CCC(C)(Sc1nnnn1C)C(=O)O. The Kier molecular flexibility index (Phi) is 3.10. The van der Waals surface area contributed by atoms with E-state index in [-0.39, 0.29) is 0 Å². The number of aliphatic carboxylic acids is 1. The monoisotopic (exact) mass is 216 g/mol. The molecule has 14 heavy (non-hydrogen) atoms. The fourth-order valence-electron chi connectivity index (χ4n) is 0.776. The molecule has 7 heteroatoms. The van der Waals surface area contributed by atoms with Crippen LogP contribution in [0.25, 0.3) is 0 Å². The molecule has 1 aromatic heterocycles. The van der Waals surface area contributed by atoms with Gasteiger partial charge in [-0.25, -0.2) is 4.68 Å². The van der Waals surface area contributed by atoms with Crippen molar-refractivity contribution >= 4 is 17.7 Å². The van der Waals surface area contributed by atoms with Crippen LogP contribution in [0.1, 0.15) is 20.3 Å². The fourth-order valence-corrected chi connectivity index (χ4v) is 1.66. The van der Waals surface area contributed by atoms with Gasteiger partial charge in [0, 0.05) is 7.05 Å². The number of rotatable bonds is 4. The van der Waals surface area contributed by atoms with Gasteiger partial charge in [-0.1, -0.05) is 18.7 Å². The molecule has 1 heterocycles. The van der Waals surface area contributed by atoms with Gasteiger partial charge in [0.2, 0.25) is 5.16 Å². The molecule has 0 saturated heterocycles. The van der Waals surface area contributed by atoms with Crippen LogP contribution in [0.15, 0.2) is 5.16 Å². The molecule has 0 aliphatic rings. The second-order valence-electron chi connectivity index (χ2n) is 3.08. The highest BCUT2D eigenvalue weighted by atomic mass is 32.2. The molecule has 0 amide bonds. The van der Waals surface area contributed by atoms with Crippen LogP contribution in [-0.2, 0) is 11.8 Å². The predicted octanol–water partition coefficient (Wildman–Crippen LogP) is 0.555. The molecule has 1 rings (SSSR count). The molecule has 0 fully saturated rings. The number of aryl methyl sites for hydroxylation is 1. The van der Waals surface area contributed by atoms with E-state index in [4.69, 9.17) is 5.11 Å². The summed E-state index contributed by atoms with van der Waals surface area (Å²) in [4.78, 5) is 11.0. The molecular weight excluding hydrogens is 204 g/mol. The van der Waals surface area contributed by atoms with Crippen LogP contribution in [0.2, 0.25) is 0 Å². The fraction of sp³-hybridized carbons (Fsp3) is 0.714. The van der Waals surface area contributed by atoms with Crippen LogP contribution in [-0.4, -0.2) is 36.0 Å². The summed E-state index contributed by atoms with van der Waals surface area (Å²) < 4.78 is 0.587. The van der Waals surface area contributed by atoms with Crippen LogP contribution in [0.5, 0.6) is 0 Å². The van der Waals surface area contributed by atoms with Gasteiger partial charge in [-0.15, -0.1) is 5.10 Å². The quantitative estimate of drug-likeness (QED) is 0.740. The molecule has 0 aliphatic carbocycles. The van der Waals surface area contributed by atoms with Crippen molar-refractivity contribution in [3.05, 3.63) is 0 Å². The molecule has 6 nitrogen and oxygen atoms in total. The van der Waals surface area contributed by atoms with Gasteiger partial charge in [0.05, 0.1) is 0 Å². The van der Waals surface area contributed by atoms with Crippen molar-refractivity contribution in [2.45, 2.75) is 30.2 Å². The first-order valence-electron chi connectivity index (χ1n) is 4.14. The lowest BCUT2D eigenvalue weighted by Crippen LogP contribution is -2.30. The van der Waals surface area contributed by atoms with E-state index in [2.05, 4.69) is 15.5 Å². The smallest absolute Gasteiger partial charge is 0.319 e. The second-order valence-corrected chi connectivity index (χ2v) is 4.55. The van der Waals surface area contributed by atoms with Crippen LogP contribution in [0.3, 0.4) is 0 Å². The van der Waals surface area contributed by atoms with Gasteiger partial charge in [-0.2, -0.15) is 0 Å². The summed E-state index contributed by atoms with van der Waals surface area (Å²) in [5, 5.41) is 20.4. The van der Waals surface area contributed by atoms with Gasteiger partial charge in [0.25, 0.3) is 0 Å². The maximum atomic E-state index is 11.0. The second kappa shape index (κ2) is 3.95. The van der Waals surface area contributed by atoms with Crippen molar-refractivity contribution in [1.82, 2.24) is 20.2 Å². The molecule has 0 aromatic carbocycles. The molecule has 1 atom stereocenters. The topological polar surface area (TPSA) is 80.9 Å². The lowest BCUT2D eigenvalue weighted by atomic mass is 10.1. The van der Waals surface area contributed by atoms with Gasteiger partial charge in [-0.05, 0) is 23.8 Å². The summed E-state index contributed by atoms with van der Waals surface area (Å²) in [7, 11) is 1.68. The molecule has 1 N–H and O–H groups in total. The van der Waals surface area contributed by atoms with E-state index in [0.717, 1.165) is 11.8 Å². The normalized spacial score (nSPS) is 15.1. The van der Waals surface area contributed by atoms with Crippen LogP contribution >= 0.6 is 11.8 Å². The standard InChI is InChI=1S/C7H12N4O2S/c1-4-7(2,5(12)13)14-6-8-9-10-11(6)3/h4H2,1-3H3,(H,12,13). The van der Waals surface area contributed by atoms with E-state index in [9.17, 15) is 4.79 Å². The molecule has 1 unspecified atom stereocenters. The average molecular weight is 216 g/mol.